The first-order valence-electron chi connectivity index (χ1n) is 6.13. The Balaban J connectivity index is 2.30. The molecule has 0 fully saturated rings. The van der Waals surface area contributed by atoms with Crippen LogP contribution in [0.15, 0.2) is 33.6 Å². The topological polar surface area (TPSA) is 84.2 Å². The maximum Gasteiger partial charge on any atom is 0.266 e. The molecule has 108 valence electrons. The zero-order valence-corrected chi connectivity index (χ0v) is 12.4. The summed E-state index contributed by atoms with van der Waals surface area (Å²) in [6, 6.07) is 6.67. The fourth-order valence-electron chi connectivity index (χ4n) is 1.84. The Labute approximate surface area is 118 Å². The molecule has 6 nitrogen and oxygen atoms in total. The van der Waals surface area contributed by atoms with Gasteiger partial charge in [0.15, 0.2) is 0 Å². The monoisotopic (exact) mass is 295 g/mol. The number of hydrogen-bond donors (Lipinski definition) is 2. The number of furan rings is 1. The molecule has 0 spiro atoms. The third-order valence-electron chi connectivity index (χ3n) is 2.69. The average Bonchev–Trinajstić information content (AvgIpc) is 2.71. The van der Waals surface area contributed by atoms with Crippen molar-refractivity contribution in [3.05, 3.63) is 41.5 Å². The third-order valence-corrected chi connectivity index (χ3v) is 4.15. The maximum absolute atomic E-state index is 12.3. The molecule has 0 aliphatic heterocycles. The smallest absolute Gasteiger partial charge is 0.266 e. The highest BCUT2D eigenvalue weighted by molar-refractivity contribution is 7.92. The molecule has 0 aliphatic carbocycles. The molecule has 2 N–H and O–H groups in total. The Bertz CT molecular complexity index is 707. The molecule has 2 rings (SSSR count). The van der Waals surface area contributed by atoms with E-state index in [0.717, 1.165) is 5.69 Å². The van der Waals surface area contributed by atoms with Crippen LogP contribution in [-0.4, -0.2) is 20.4 Å². The molecule has 7 heteroatoms. The van der Waals surface area contributed by atoms with Crippen molar-refractivity contribution in [1.82, 2.24) is 10.3 Å². The summed E-state index contributed by atoms with van der Waals surface area (Å²) in [4.78, 5) is 4.25. The molecule has 0 aromatic carbocycles. The third kappa shape index (κ3) is 3.17. The zero-order chi connectivity index (χ0) is 14.8. The highest BCUT2D eigenvalue weighted by Gasteiger charge is 2.21. The van der Waals surface area contributed by atoms with E-state index in [-0.39, 0.29) is 4.90 Å². The summed E-state index contributed by atoms with van der Waals surface area (Å²) < 4.78 is 32.5. The zero-order valence-electron chi connectivity index (χ0n) is 11.6. The van der Waals surface area contributed by atoms with Gasteiger partial charge in [-0.1, -0.05) is 6.07 Å². The van der Waals surface area contributed by atoms with Crippen molar-refractivity contribution < 1.29 is 12.8 Å². The van der Waals surface area contributed by atoms with Crippen molar-refractivity contribution in [1.29, 1.82) is 0 Å². The van der Waals surface area contributed by atoms with E-state index in [9.17, 15) is 8.42 Å². The minimum absolute atomic E-state index is 0.131. The Morgan fingerprint density at radius 3 is 2.70 bits per heavy atom. The first-order valence-corrected chi connectivity index (χ1v) is 7.61. The first kappa shape index (κ1) is 14.5. The van der Waals surface area contributed by atoms with Crippen molar-refractivity contribution in [3.8, 4) is 0 Å². The minimum Gasteiger partial charge on any atom is -0.464 e. The Morgan fingerprint density at radius 2 is 2.05 bits per heavy atom. The Hall–Kier alpha value is -1.86. The minimum atomic E-state index is -3.69. The molecular formula is C13H17N3O3S. The fraction of sp³-hybridized carbons (Fsp3) is 0.308. The molecule has 2 aromatic heterocycles. The van der Waals surface area contributed by atoms with Gasteiger partial charge in [-0.2, -0.15) is 0 Å². The van der Waals surface area contributed by atoms with Gasteiger partial charge in [0.05, 0.1) is 6.54 Å². The molecule has 0 saturated carbocycles. The number of anilines is 1. The van der Waals surface area contributed by atoms with Crippen LogP contribution >= 0.6 is 0 Å². The largest absolute Gasteiger partial charge is 0.464 e. The summed E-state index contributed by atoms with van der Waals surface area (Å²) in [7, 11) is -1.93. The number of pyridine rings is 1. The van der Waals surface area contributed by atoms with Crippen LogP contribution in [0.3, 0.4) is 0 Å². The van der Waals surface area contributed by atoms with E-state index in [0.29, 0.717) is 23.9 Å². The number of rotatable bonds is 5. The van der Waals surface area contributed by atoms with Crippen molar-refractivity contribution in [2.24, 2.45) is 0 Å². The Kier molecular flexibility index (Phi) is 4.10. The molecule has 0 bridgehead atoms. The molecule has 0 unspecified atom stereocenters. The van der Waals surface area contributed by atoms with Crippen molar-refractivity contribution in [3.63, 3.8) is 0 Å². The van der Waals surface area contributed by atoms with Gasteiger partial charge in [0.25, 0.3) is 10.0 Å². The van der Waals surface area contributed by atoms with Crippen LogP contribution in [0.1, 0.15) is 17.2 Å². The second-order valence-corrected chi connectivity index (χ2v) is 6.08. The summed E-state index contributed by atoms with van der Waals surface area (Å²) >= 11 is 0. The van der Waals surface area contributed by atoms with Gasteiger partial charge in [-0.25, -0.2) is 13.4 Å². The van der Waals surface area contributed by atoms with Gasteiger partial charge in [0.2, 0.25) is 0 Å². The van der Waals surface area contributed by atoms with E-state index < -0.39 is 10.0 Å². The summed E-state index contributed by atoms with van der Waals surface area (Å²) in [5.74, 6) is 1.22. The van der Waals surface area contributed by atoms with Crippen molar-refractivity contribution in [2.75, 3.05) is 11.8 Å². The predicted octanol–water partition coefficient (Wildman–Crippen LogP) is 1.81. The van der Waals surface area contributed by atoms with Crippen LogP contribution in [0.25, 0.3) is 0 Å². The summed E-state index contributed by atoms with van der Waals surface area (Å²) in [5, 5.41) is 2.91. The van der Waals surface area contributed by atoms with Gasteiger partial charge in [-0.3, -0.25) is 4.72 Å². The van der Waals surface area contributed by atoms with Crippen LogP contribution in [0.2, 0.25) is 0 Å². The molecule has 2 aromatic rings. The van der Waals surface area contributed by atoms with Crippen LogP contribution in [0.5, 0.6) is 0 Å². The quantitative estimate of drug-likeness (QED) is 0.879. The molecule has 0 radical (unpaired) electrons. The lowest BCUT2D eigenvalue weighted by Crippen LogP contribution is -2.14. The van der Waals surface area contributed by atoms with Gasteiger partial charge in [-0.15, -0.1) is 0 Å². The SMILES string of the molecule is CNCc1cc(S(=O)(=O)Nc2cccc(C)n2)c(C)o1. The van der Waals surface area contributed by atoms with E-state index in [4.69, 9.17) is 4.42 Å². The molecule has 2 heterocycles. The lowest BCUT2D eigenvalue weighted by atomic mass is 10.4. The highest BCUT2D eigenvalue weighted by Crippen LogP contribution is 2.22. The van der Waals surface area contributed by atoms with E-state index in [1.807, 2.05) is 0 Å². The molecule has 0 aliphatic rings. The van der Waals surface area contributed by atoms with Gasteiger partial charge in [-0.05, 0) is 33.0 Å². The normalized spacial score (nSPS) is 11.6. The lowest BCUT2D eigenvalue weighted by molar-refractivity contribution is 0.466. The maximum atomic E-state index is 12.3. The van der Waals surface area contributed by atoms with Gasteiger partial charge in [0.1, 0.15) is 22.2 Å². The van der Waals surface area contributed by atoms with Crippen LogP contribution in [-0.2, 0) is 16.6 Å². The molecule has 0 amide bonds. The van der Waals surface area contributed by atoms with Gasteiger partial charge >= 0.3 is 0 Å². The van der Waals surface area contributed by atoms with E-state index >= 15 is 0 Å². The number of aromatic nitrogens is 1. The van der Waals surface area contributed by atoms with Gasteiger partial charge < -0.3 is 9.73 Å². The summed E-state index contributed by atoms with van der Waals surface area (Å²) in [5.41, 5.74) is 0.741. The number of sulfonamides is 1. The number of nitrogens with zero attached hydrogens (tertiary/aromatic N) is 1. The fourth-order valence-corrected chi connectivity index (χ4v) is 3.05. The van der Waals surface area contributed by atoms with Gasteiger partial charge in [0, 0.05) is 11.8 Å². The molecule has 0 atom stereocenters. The first-order chi connectivity index (χ1) is 9.42. The molecule has 0 saturated heterocycles. The van der Waals surface area contributed by atoms with Crippen LogP contribution in [0.4, 0.5) is 5.82 Å². The number of aryl methyl sites for hydroxylation is 2. The molecule has 20 heavy (non-hydrogen) atoms. The van der Waals surface area contributed by atoms with Crippen molar-refractivity contribution in [2.45, 2.75) is 25.3 Å². The van der Waals surface area contributed by atoms with E-state index in [1.165, 1.54) is 6.07 Å². The standard InChI is InChI=1S/C13H17N3O3S/c1-9-5-4-6-13(15-9)16-20(17,18)12-7-11(8-14-3)19-10(12)2/h4-7,14H,8H2,1-3H3,(H,15,16). The molecular weight excluding hydrogens is 278 g/mol. The Morgan fingerprint density at radius 1 is 1.30 bits per heavy atom. The number of hydrogen-bond acceptors (Lipinski definition) is 5. The highest BCUT2D eigenvalue weighted by atomic mass is 32.2. The predicted molar refractivity (Wildman–Crippen MR) is 76.0 cm³/mol. The second-order valence-electron chi connectivity index (χ2n) is 4.43. The number of nitrogens with one attached hydrogen (secondary N) is 2. The average molecular weight is 295 g/mol. The van der Waals surface area contributed by atoms with E-state index in [1.54, 1.807) is 39.1 Å². The van der Waals surface area contributed by atoms with Crippen molar-refractivity contribution >= 4 is 15.8 Å². The van der Waals surface area contributed by atoms with E-state index in [2.05, 4.69) is 15.0 Å². The lowest BCUT2D eigenvalue weighted by Gasteiger charge is -2.06. The summed E-state index contributed by atoms with van der Waals surface area (Å²) in [6.07, 6.45) is 0. The summed E-state index contributed by atoms with van der Waals surface area (Å²) in [6.45, 7) is 3.89. The second kappa shape index (κ2) is 5.64. The van der Waals surface area contributed by atoms with Crippen LogP contribution in [0, 0.1) is 13.8 Å². The van der Waals surface area contributed by atoms with Crippen LogP contribution < -0.4 is 10.0 Å².